The number of aromatic nitrogens is 2. The molecule has 1 aromatic rings. The van der Waals surface area contributed by atoms with E-state index in [0.29, 0.717) is 43.2 Å². The summed E-state index contributed by atoms with van der Waals surface area (Å²) in [5.41, 5.74) is -0.314. The maximum Gasteiger partial charge on any atom is 0.235 e. The quantitative estimate of drug-likeness (QED) is 0.574. The predicted molar refractivity (Wildman–Crippen MR) is 77.6 cm³/mol. The number of aryl methyl sites for hydroxylation is 1. The normalized spacial score (nSPS) is 40.1. The third-order valence-corrected chi connectivity index (χ3v) is 6.21. The van der Waals surface area contributed by atoms with Gasteiger partial charge in [-0.3, -0.25) is 0 Å². The van der Waals surface area contributed by atoms with Gasteiger partial charge in [-0.2, -0.15) is 4.74 Å². The van der Waals surface area contributed by atoms with Crippen LogP contribution in [-0.4, -0.2) is 62.7 Å². The summed E-state index contributed by atoms with van der Waals surface area (Å²) in [6, 6.07) is 0. The molecule has 3 heterocycles. The van der Waals surface area contributed by atoms with Gasteiger partial charge >= 0.3 is 0 Å². The highest BCUT2D eigenvalue weighted by molar-refractivity contribution is 5.92. The highest BCUT2D eigenvalue weighted by Gasteiger charge is 2.73. The third kappa shape index (κ3) is 1.49. The number of aliphatic hydroxyl groups is 1. The van der Waals surface area contributed by atoms with Crippen molar-refractivity contribution in [2.24, 2.45) is 5.92 Å². The van der Waals surface area contributed by atoms with Gasteiger partial charge < -0.3 is 15.1 Å². The molecule has 2 aliphatic carbocycles. The minimum absolute atomic E-state index is 0.188. The average molecular weight is 320 g/mol. The van der Waals surface area contributed by atoms with Crippen molar-refractivity contribution in [2.45, 2.75) is 43.4 Å². The standard InChI is InChI=1S/C15H20N4O4/c20-15-11-2-1-5-14(11,18-6-8-22-9-7-18)19(21)12(15)4-3-10-13(15)17-23-16-10/h11,20H,1-9H2/t11-,14+,15+/m1/s1. The van der Waals surface area contributed by atoms with Gasteiger partial charge in [-0.15, -0.1) is 0 Å². The van der Waals surface area contributed by atoms with Gasteiger partial charge in [0.05, 0.1) is 19.1 Å². The van der Waals surface area contributed by atoms with Crippen LogP contribution in [0.4, 0.5) is 0 Å². The lowest BCUT2D eigenvalue weighted by atomic mass is 9.73. The Bertz CT molecular complexity index is 683. The van der Waals surface area contributed by atoms with E-state index in [1.54, 1.807) is 0 Å². The molecule has 1 saturated heterocycles. The van der Waals surface area contributed by atoms with Crippen molar-refractivity contribution in [2.75, 3.05) is 26.3 Å². The Morgan fingerprint density at radius 1 is 1.26 bits per heavy atom. The van der Waals surface area contributed by atoms with Crippen LogP contribution in [-0.2, 0) is 16.8 Å². The summed E-state index contributed by atoms with van der Waals surface area (Å²) in [5.74, 6) is -0.188. The second-order valence-corrected chi connectivity index (χ2v) is 6.99. The fourth-order valence-electron chi connectivity index (χ4n) is 5.30. The number of nitrogens with zero attached hydrogens (tertiary/aromatic N) is 4. The molecule has 2 aliphatic heterocycles. The summed E-state index contributed by atoms with van der Waals surface area (Å²) < 4.78 is 11.5. The lowest BCUT2D eigenvalue weighted by Gasteiger charge is -2.42. The van der Waals surface area contributed by atoms with Crippen LogP contribution in [0.2, 0.25) is 0 Å². The van der Waals surface area contributed by atoms with Gasteiger partial charge in [-0.05, 0) is 12.8 Å². The molecular formula is C15H20N4O4. The Labute approximate surface area is 133 Å². The molecular weight excluding hydrogens is 300 g/mol. The molecule has 0 unspecified atom stereocenters. The van der Waals surface area contributed by atoms with Gasteiger partial charge in [-0.1, -0.05) is 10.3 Å². The molecule has 2 fully saturated rings. The van der Waals surface area contributed by atoms with Gasteiger partial charge in [0.15, 0.2) is 5.69 Å². The van der Waals surface area contributed by atoms with Gasteiger partial charge in [0.2, 0.25) is 17.0 Å². The highest BCUT2D eigenvalue weighted by atomic mass is 16.6. The molecule has 0 bridgehead atoms. The van der Waals surface area contributed by atoms with Gasteiger partial charge in [0, 0.05) is 32.4 Å². The van der Waals surface area contributed by atoms with Crippen LogP contribution in [0.1, 0.15) is 37.1 Å². The van der Waals surface area contributed by atoms with E-state index < -0.39 is 11.3 Å². The van der Waals surface area contributed by atoms with E-state index in [9.17, 15) is 10.3 Å². The molecule has 0 aromatic carbocycles. The van der Waals surface area contributed by atoms with Gasteiger partial charge in [-0.25, -0.2) is 9.53 Å². The molecule has 0 spiro atoms. The molecule has 0 amide bonds. The molecule has 23 heavy (non-hydrogen) atoms. The van der Waals surface area contributed by atoms with Crippen LogP contribution in [0.5, 0.6) is 0 Å². The van der Waals surface area contributed by atoms with Crippen molar-refractivity contribution < 1.29 is 19.2 Å². The van der Waals surface area contributed by atoms with Gasteiger partial charge in [0.1, 0.15) is 5.69 Å². The summed E-state index contributed by atoms with van der Waals surface area (Å²) >= 11 is 0. The number of hydrogen-bond acceptors (Lipinski definition) is 7. The van der Waals surface area contributed by atoms with Crippen LogP contribution in [0, 0.1) is 11.1 Å². The van der Waals surface area contributed by atoms with E-state index in [4.69, 9.17) is 9.37 Å². The zero-order chi connectivity index (χ0) is 15.7. The highest BCUT2D eigenvalue weighted by Crippen LogP contribution is 2.56. The van der Waals surface area contributed by atoms with Crippen LogP contribution < -0.4 is 0 Å². The molecule has 8 heteroatoms. The molecule has 5 rings (SSSR count). The zero-order valence-electron chi connectivity index (χ0n) is 12.9. The predicted octanol–water partition coefficient (Wildman–Crippen LogP) is -0.00310. The molecule has 1 saturated carbocycles. The first kappa shape index (κ1) is 13.9. The summed E-state index contributed by atoms with van der Waals surface area (Å²) in [4.78, 5) is 2.22. The third-order valence-electron chi connectivity index (χ3n) is 6.21. The van der Waals surface area contributed by atoms with E-state index in [2.05, 4.69) is 15.2 Å². The fourth-order valence-corrected chi connectivity index (χ4v) is 5.30. The van der Waals surface area contributed by atoms with Crippen molar-refractivity contribution in [1.29, 1.82) is 0 Å². The van der Waals surface area contributed by atoms with Crippen LogP contribution in [0.25, 0.3) is 0 Å². The number of rotatable bonds is 1. The largest absolute Gasteiger partial charge is 0.622 e. The first-order chi connectivity index (χ1) is 11.2. The summed E-state index contributed by atoms with van der Waals surface area (Å²) in [6.45, 7) is 2.71. The maximum absolute atomic E-state index is 13.3. The first-order valence-electron chi connectivity index (χ1n) is 8.40. The maximum atomic E-state index is 13.3. The smallest absolute Gasteiger partial charge is 0.235 e. The van der Waals surface area contributed by atoms with E-state index >= 15 is 0 Å². The van der Waals surface area contributed by atoms with Crippen LogP contribution in [0.3, 0.4) is 0 Å². The van der Waals surface area contributed by atoms with Crippen molar-refractivity contribution in [3.05, 3.63) is 16.6 Å². The Morgan fingerprint density at radius 2 is 2.09 bits per heavy atom. The monoisotopic (exact) mass is 320 g/mol. The number of ether oxygens (including phenoxy) is 1. The Balaban J connectivity index is 1.69. The second-order valence-electron chi connectivity index (χ2n) is 6.99. The molecule has 3 atom stereocenters. The number of fused-ring (bicyclic) bond motifs is 5. The van der Waals surface area contributed by atoms with Gasteiger partial charge in [0.25, 0.3) is 0 Å². The minimum atomic E-state index is -1.33. The van der Waals surface area contributed by atoms with Crippen molar-refractivity contribution >= 4 is 5.71 Å². The summed E-state index contributed by atoms with van der Waals surface area (Å²) in [7, 11) is 0. The minimum Gasteiger partial charge on any atom is -0.622 e. The van der Waals surface area contributed by atoms with E-state index in [0.717, 1.165) is 37.1 Å². The lowest BCUT2D eigenvalue weighted by molar-refractivity contribution is -0.583. The van der Waals surface area contributed by atoms with Crippen LogP contribution in [0.15, 0.2) is 4.63 Å². The Kier molecular flexibility index (Phi) is 2.73. The van der Waals surface area contributed by atoms with Crippen LogP contribution >= 0.6 is 0 Å². The molecule has 4 aliphatic rings. The molecule has 0 radical (unpaired) electrons. The Morgan fingerprint density at radius 3 is 2.91 bits per heavy atom. The van der Waals surface area contributed by atoms with E-state index in [-0.39, 0.29) is 5.92 Å². The lowest BCUT2D eigenvalue weighted by Crippen LogP contribution is -2.60. The van der Waals surface area contributed by atoms with E-state index in [1.165, 1.54) is 0 Å². The first-order valence-corrected chi connectivity index (χ1v) is 8.40. The molecule has 124 valence electrons. The number of hydrogen-bond donors (Lipinski definition) is 1. The van der Waals surface area contributed by atoms with Crippen molar-refractivity contribution in [1.82, 2.24) is 15.2 Å². The SMILES string of the molecule is [O-][N+]1=C2CCc3nonc3[C@]2(O)[C@@H]2CCC[C@@]21N1CCOCC1. The summed E-state index contributed by atoms with van der Waals surface area (Å²) in [5, 5.41) is 32.8. The zero-order valence-corrected chi connectivity index (χ0v) is 12.9. The Hall–Kier alpha value is -1.51. The number of hydroxylamine groups is 1. The topological polar surface area (TPSA) is 97.7 Å². The van der Waals surface area contributed by atoms with Crippen molar-refractivity contribution in [3.8, 4) is 0 Å². The van der Waals surface area contributed by atoms with E-state index in [1.807, 2.05) is 0 Å². The molecule has 1 N–H and O–H groups in total. The number of morpholine rings is 1. The molecule has 1 aromatic heterocycles. The molecule has 8 nitrogen and oxygen atoms in total. The summed E-state index contributed by atoms with van der Waals surface area (Å²) in [6.07, 6.45) is 3.62. The van der Waals surface area contributed by atoms with Crippen molar-refractivity contribution in [3.63, 3.8) is 0 Å². The second kappa shape index (κ2) is 4.52. The average Bonchev–Trinajstić information content (AvgIpc) is 3.26. The fraction of sp³-hybridized carbons (Fsp3) is 0.800.